The molecule has 1 atom stereocenters. The number of carboxylic acids is 1. The third kappa shape index (κ3) is 2.67. The van der Waals surface area contributed by atoms with E-state index in [1.54, 1.807) is 0 Å². The predicted molar refractivity (Wildman–Crippen MR) is 80.7 cm³/mol. The van der Waals surface area contributed by atoms with Crippen LogP contribution < -0.4 is 9.47 Å². The third-order valence-corrected chi connectivity index (χ3v) is 5.58. The highest BCUT2D eigenvalue weighted by molar-refractivity contribution is 7.91. The van der Waals surface area contributed by atoms with E-state index in [2.05, 4.69) is 0 Å². The maximum Gasteiger partial charge on any atom is 0.387 e. The van der Waals surface area contributed by atoms with Crippen molar-refractivity contribution in [2.45, 2.75) is 23.0 Å². The minimum absolute atomic E-state index is 0.000200. The van der Waals surface area contributed by atoms with Crippen molar-refractivity contribution in [3.05, 3.63) is 46.7 Å². The number of fused-ring (bicyclic) bond motifs is 1. The summed E-state index contributed by atoms with van der Waals surface area (Å²) in [5.74, 6) is -1.93. The first-order valence-corrected chi connectivity index (χ1v) is 8.47. The molecule has 0 amide bonds. The zero-order chi connectivity index (χ0) is 17.6. The fourth-order valence-electron chi connectivity index (χ4n) is 2.24. The molecule has 3 rings (SSSR count). The molecule has 1 heterocycles. The second kappa shape index (κ2) is 5.64. The third-order valence-electron chi connectivity index (χ3n) is 3.40. The number of aliphatic carboxylic acids is 1. The highest BCUT2D eigenvalue weighted by atomic mass is 35.5. The van der Waals surface area contributed by atoms with E-state index in [1.807, 2.05) is 0 Å². The quantitative estimate of drug-likeness (QED) is 0.833. The molecule has 6 nitrogen and oxygen atoms in total. The summed E-state index contributed by atoms with van der Waals surface area (Å²) in [6, 6.07) is 5.62. The summed E-state index contributed by atoms with van der Waals surface area (Å²) in [4.78, 5) is 10.6. The summed E-state index contributed by atoms with van der Waals surface area (Å²) in [7, 11) is -4.00. The minimum atomic E-state index is -4.00. The van der Waals surface area contributed by atoms with Gasteiger partial charge in [-0.1, -0.05) is 11.6 Å². The van der Waals surface area contributed by atoms with Crippen LogP contribution in [0.15, 0.2) is 40.1 Å². The van der Waals surface area contributed by atoms with E-state index in [0.717, 1.165) is 18.2 Å². The monoisotopic (exact) mass is 372 g/mol. The predicted octanol–water partition coefficient (Wildman–Crippen LogP) is 2.80. The van der Waals surface area contributed by atoms with Gasteiger partial charge in [0, 0.05) is 6.07 Å². The summed E-state index contributed by atoms with van der Waals surface area (Å²) in [6.45, 7) is 1.52. The number of hydrogen-bond donors (Lipinski definition) is 1. The number of benzene rings is 2. The molecule has 0 spiro atoms. The van der Waals surface area contributed by atoms with Gasteiger partial charge in [-0.3, -0.25) is 0 Å². The van der Waals surface area contributed by atoms with Crippen molar-refractivity contribution >= 4 is 27.4 Å². The SMILES string of the molecule is Cc1cc2c(cc1S(=O)(=O)c1ccc(F)c(Cl)c1)OC(C(=O)O)O2. The molecule has 0 radical (unpaired) electrons. The van der Waals surface area contributed by atoms with Crippen molar-refractivity contribution in [2.24, 2.45) is 0 Å². The maximum atomic E-state index is 13.2. The van der Waals surface area contributed by atoms with Crippen LogP contribution in [0.2, 0.25) is 5.02 Å². The Bertz CT molecular complexity index is 957. The molecule has 1 unspecified atom stereocenters. The van der Waals surface area contributed by atoms with Crippen LogP contribution in [0.3, 0.4) is 0 Å². The fraction of sp³-hybridized carbons (Fsp3) is 0.133. The van der Waals surface area contributed by atoms with Gasteiger partial charge in [0.15, 0.2) is 11.5 Å². The molecule has 1 N–H and O–H groups in total. The molecule has 0 fully saturated rings. The molecule has 2 aromatic rings. The van der Waals surface area contributed by atoms with Gasteiger partial charge in [0.2, 0.25) is 9.84 Å². The lowest BCUT2D eigenvalue weighted by Crippen LogP contribution is -2.28. The Morgan fingerprint density at radius 2 is 1.83 bits per heavy atom. The zero-order valence-corrected chi connectivity index (χ0v) is 13.7. The van der Waals surface area contributed by atoms with E-state index in [-0.39, 0.29) is 26.3 Å². The van der Waals surface area contributed by atoms with Crippen molar-refractivity contribution in [2.75, 3.05) is 0 Å². The smallest absolute Gasteiger partial charge is 0.387 e. The molecule has 0 aliphatic carbocycles. The number of aryl methyl sites for hydroxylation is 1. The number of ether oxygens (including phenoxy) is 2. The Morgan fingerprint density at radius 1 is 1.21 bits per heavy atom. The fourth-order valence-corrected chi connectivity index (χ4v) is 4.01. The van der Waals surface area contributed by atoms with Crippen LogP contribution in [0.4, 0.5) is 4.39 Å². The molecule has 126 valence electrons. The molecule has 2 aromatic carbocycles. The first-order valence-electron chi connectivity index (χ1n) is 6.61. The Kier molecular flexibility index (Phi) is 3.89. The lowest BCUT2D eigenvalue weighted by molar-refractivity contribution is -0.154. The Balaban J connectivity index is 2.08. The highest BCUT2D eigenvalue weighted by Gasteiger charge is 2.33. The number of sulfone groups is 1. The molecular formula is C15H10ClFO6S. The van der Waals surface area contributed by atoms with Crippen LogP contribution in [-0.2, 0) is 14.6 Å². The summed E-state index contributed by atoms with van der Waals surface area (Å²) in [6.07, 6.45) is -1.53. The molecule has 0 aromatic heterocycles. The summed E-state index contributed by atoms with van der Waals surface area (Å²) in [5, 5.41) is 8.58. The average molecular weight is 373 g/mol. The average Bonchev–Trinajstić information content (AvgIpc) is 2.92. The Hall–Kier alpha value is -2.32. The minimum Gasteiger partial charge on any atom is -0.476 e. The van der Waals surface area contributed by atoms with Crippen LogP contribution in [0.1, 0.15) is 5.56 Å². The standard InChI is InChI=1S/C15H10ClFO6S/c1-7-4-11-12(23-15(22-11)14(18)19)6-13(7)24(20,21)8-2-3-10(17)9(16)5-8/h2-6,15H,1H3,(H,18,19). The van der Waals surface area contributed by atoms with Crippen LogP contribution in [0.25, 0.3) is 0 Å². The van der Waals surface area contributed by atoms with Crippen LogP contribution in [0, 0.1) is 12.7 Å². The lowest BCUT2D eigenvalue weighted by atomic mass is 10.2. The molecule has 9 heteroatoms. The normalized spacial score (nSPS) is 16.2. The number of rotatable bonds is 3. The van der Waals surface area contributed by atoms with Crippen molar-refractivity contribution in [1.29, 1.82) is 0 Å². The van der Waals surface area contributed by atoms with E-state index < -0.39 is 27.9 Å². The van der Waals surface area contributed by atoms with E-state index >= 15 is 0 Å². The van der Waals surface area contributed by atoms with Gasteiger partial charge in [0.25, 0.3) is 0 Å². The van der Waals surface area contributed by atoms with Gasteiger partial charge in [0.05, 0.1) is 14.8 Å². The highest BCUT2D eigenvalue weighted by Crippen LogP contribution is 2.40. The van der Waals surface area contributed by atoms with Crippen molar-refractivity contribution in [1.82, 2.24) is 0 Å². The molecule has 24 heavy (non-hydrogen) atoms. The first-order chi connectivity index (χ1) is 11.2. The first kappa shape index (κ1) is 16.5. The van der Waals surface area contributed by atoms with Crippen LogP contribution in [-0.4, -0.2) is 25.8 Å². The van der Waals surface area contributed by atoms with Gasteiger partial charge in [-0.05, 0) is 36.8 Å². The Morgan fingerprint density at radius 3 is 2.42 bits per heavy atom. The zero-order valence-electron chi connectivity index (χ0n) is 12.1. The molecule has 0 bridgehead atoms. The molecule has 1 aliphatic rings. The maximum absolute atomic E-state index is 13.2. The molecule has 0 saturated heterocycles. The number of carboxylic acid groups (broad SMARTS) is 1. The number of halogens is 2. The van der Waals surface area contributed by atoms with Gasteiger partial charge in [-0.15, -0.1) is 0 Å². The Labute approximate surface area is 141 Å². The van der Waals surface area contributed by atoms with Crippen molar-refractivity contribution < 1.29 is 32.2 Å². The topological polar surface area (TPSA) is 89.9 Å². The van der Waals surface area contributed by atoms with Gasteiger partial charge in [-0.25, -0.2) is 17.6 Å². The van der Waals surface area contributed by atoms with Gasteiger partial charge in [-0.2, -0.15) is 0 Å². The van der Waals surface area contributed by atoms with Crippen LogP contribution >= 0.6 is 11.6 Å². The number of carbonyl (C=O) groups is 1. The number of hydrogen-bond acceptors (Lipinski definition) is 5. The molecular weight excluding hydrogens is 363 g/mol. The summed E-state index contributed by atoms with van der Waals surface area (Å²) >= 11 is 5.65. The van der Waals surface area contributed by atoms with E-state index in [0.29, 0.717) is 5.56 Å². The summed E-state index contributed by atoms with van der Waals surface area (Å²) < 4.78 is 48.9. The summed E-state index contributed by atoms with van der Waals surface area (Å²) in [5.41, 5.74) is 0.323. The van der Waals surface area contributed by atoms with Crippen molar-refractivity contribution in [3.63, 3.8) is 0 Å². The van der Waals surface area contributed by atoms with Crippen molar-refractivity contribution in [3.8, 4) is 11.5 Å². The van der Waals surface area contributed by atoms with Gasteiger partial charge in [0.1, 0.15) is 5.82 Å². The van der Waals surface area contributed by atoms with Gasteiger partial charge >= 0.3 is 12.3 Å². The van der Waals surface area contributed by atoms with Crippen LogP contribution in [0.5, 0.6) is 11.5 Å². The second-order valence-corrected chi connectivity index (χ2v) is 7.37. The molecule has 0 saturated carbocycles. The van der Waals surface area contributed by atoms with E-state index in [1.165, 1.54) is 19.1 Å². The van der Waals surface area contributed by atoms with Gasteiger partial charge < -0.3 is 14.6 Å². The second-order valence-electron chi connectivity index (χ2n) is 5.05. The van der Waals surface area contributed by atoms with E-state index in [9.17, 15) is 17.6 Å². The largest absolute Gasteiger partial charge is 0.476 e. The van der Waals surface area contributed by atoms with E-state index in [4.69, 9.17) is 26.2 Å². The molecule has 1 aliphatic heterocycles. The lowest BCUT2D eigenvalue weighted by Gasteiger charge is -2.09.